The molecule has 5 rings (SSSR count). The maximum Gasteiger partial charge on any atom is 0.436 e. The van der Waals surface area contributed by atoms with E-state index in [1.807, 2.05) is 12.1 Å². The van der Waals surface area contributed by atoms with Crippen molar-refractivity contribution in [1.82, 2.24) is 20.0 Å². The van der Waals surface area contributed by atoms with E-state index in [9.17, 15) is 23.2 Å². The van der Waals surface area contributed by atoms with Gasteiger partial charge in [0.15, 0.2) is 5.82 Å². The fourth-order valence-corrected chi connectivity index (χ4v) is 5.76. The van der Waals surface area contributed by atoms with Crippen molar-refractivity contribution >= 4 is 45.3 Å². The van der Waals surface area contributed by atoms with Gasteiger partial charge in [-0.3, -0.25) is 14.5 Å². The Bertz CT molecular complexity index is 1630. The number of morpholine rings is 1. The van der Waals surface area contributed by atoms with Crippen LogP contribution in [0, 0.1) is 5.82 Å². The minimum Gasteiger partial charge on any atom is -0.445 e. The number of thiophene rings is 1. The van der Waals surface area contributed by atoms with Crippen molar-refractivity contribution in [3.63, 3.8) is 0 Å². The number of alkyl halides is 1. The molecule has 0 spiro atoms. The third-order valence-electron chi connectivity index (χ3n) is 6.99. The molecule has 2 N–H and O–H groups in total. The number of amides is 2. The van der Waals surface area contributed by atoms with Crippen LogP contribution in [0.4, 0.5) is 19.4 Å². The number of aromatic nitrogens is 2. The van der Waals surface area contributed by atoms with Crippen molar-refractivity contribution in [2.45, 2.75) is 25.9 Å². The molecule has 2 aromatic carbocycles. The van der Waals surface area contributed by atoms with Crippen molar-refractivity contribution in [2.24, 2.45) is 0 Å². The fraction of sp³-hybridized carbons (Fsp3) is 0.333. The van der Waals surface area contributed by atoms with Crippen LogP contribution < -0.4 is 10.6 Å². The minimum absolute atomic E-state index is 0.0262. The predicted octanol–water partition coefficient (Wildman–Crippen LogP) is 4.94. The van der Waals surface area contributed by atoms with E-state index in [1.165, 1.54) is 12.1 Å². The molecule has 0 atom stereocenters. The monoisotopic (exact) mass is 611 g/mol. The molecule has 1 aliphatic rings. The predicted molar refractivity (Wildman–Crippen MR) is 158 cm³/mol. The highest BCUT2D eigenvalue weighted by molar-refractivity contribution is 7.20. The average Bonchev–Trinajstić information content (AvgIpc) is 3.57. The van der Waals surface area contributed by atoms with Crippen LogP contribution in [-0.4, -0.2) is 72.2 Å². The molecule has 2 amide bonds. The molecule has 0 unspecified atom stereocenters. The van der Waals surface area contributed by atoms with Crippen LogP contribution in [0.1, 0.15) is 45.0 Å². The second kappa shape index (κ2) is 13.0. The lowest BCUT2D eigenvalue weighted by Gasteiger charge is -2.27. The summed E-state index contributed by atoms with van der Waals surface area (Å²) in [6.45, 7) is 5.79. The summed E-state index contributed by atoms with van der Waals surface area (Å²) in [6.07, 6.45) is -0.962. The summed E-state index contributed by atoms with van der Waals surface area (Å²) in [5, 5.41) is 10.0. The summed E-state index contributed by atoms with van der Waals surface area (Å²) >= 11 is 0.931. The SMILES string of the molecule is CC(C)(NC(=O)c1cc2c(NC(=O)c3ccc(CN4CCOCC4)cc3)nn(C(=O)OCCF)c2s1)c1ccccc1F. The van der Waals surface area contributed by atoms with Gasteiger partial charge in [-0.1, -0.05) is 30.3 Å². The van der Waals surface area contributed by atoms with E-state index in [0.717, 1.165) is 41.2 Å². The Hall–Kier alpha value is -4.20. The van der Waals surface area contributed by atoms with Gasteiger partial charge in [-0.2, -0.15) is 4.68 Å². The van der Waals surface area contributed by atoms with Crippen LogP contribution in [0.5, 0.6) is 0 Å². The van der Waals surface area contributed by atoms with Crippen LogP contribution in [0.15, 0.2) is 54.6 Å². The summed E-state index contributed by atoms with van der Waals surface area (Å²) in [5.41, 5.74) is 0.658. The number of benzene rings is 2. The Morgan fingerprint density at radius 2 is 1.79 bits per heavy atom. The molecular weight excluding hydrogens is 580 g/mol. The zero-order valence-electron chi connectivity index (χ0n) is 23.7. The van der Waals surface area contributed by atoms with E-state index in [0.29, 0.717) is 29.7 Å². The summed E-state index contributed by atoms with van der Waals surface area (Å²) in [7, 11) is 0. The van der Waals surface area contributed by atoms with E-state index in [-0.39, 0.29) is 15.5 Å². The maximum absolute atomic E-state index is 14.5. The Morgan fingerprint density at radius 1 is 1.07 bits per heavy atom. The number of hydrogen-bond acceptors (Lipinski definition) is 8. The maximum atomic E-state index is 14.5. The second-order valence-electron chi connectivity index (χ2n) is 10.5. The first-order valence-electron chi connectivity index (χ1n) is 13.7. The van der Waals surface area contributed by atoms with Crippen molar-refractivity contribution in [3.8, 4) is 0 Å². The highest BCUT2D eigenvalue weighted by Gasteiger charge is 2.29. The molecule has 0 bridgehead atoms. The third-order valence-corrected chi connectivity index (χ3v) is 8.10. The van der Waals surface area contributed by atoms with Gasteiger partial charge in [-0.05, 0) is 43.7 Å². The van der Waals surface area contributed by atoms with Gasteiger partial charge in [0.2, 0.25) is 0 Å². The van der Waals surface area contributed by atoms with Crippen molar-refractivity contribution < 1.29 is 32.6 Å². The third kappa shape index (κ3) is 6.90. The highest BCUT2D eigenvalue weighted by Crippen LogP contribution is 2.33. The lowest BCUT2D eigenvalue weighted by Crippen LogP contribution is -2.41. The van der Waals surface area contributed by atoms with E-state index >= 15 is 0 Å². The zero-order chi connectivity index (χ0) is 30.6. The van der Waals surface area contributed by atoms with Crippen LogP contribution in [0.25, 0.3) is 10.2 Å². The van der Waals surface area contributed by atoms with Gasteiger partial charge in [0, 0.05) is 30.8 Å². The molecule has 1 saturated heterocycles. The standard InChI is InChI=1S/C30H31F2N5O5S/c1-30(2,22-5-3-4-6-23(22)32)34-27(39)24-17-21-25(35-37(28(21)43-24)29(40)42-14-11-31)33-26(38)20-9-7-19(8-10-20)18-36-12-15-41-16-13-36/h3-10,17H,11-16,18H2,1-2H3,(H,34,39)(H,33,35,38). The second-order valence-corrected chi connectivity index (χ2v) is 11.5. The van der Waals surface area contributed by atoms with Gasteiger partial charge in [0.1, 0.15) is 23.9 Å². The molecule has 1 fully saturated rings. The fourth-order valence-electron chi connectivity index (χ4n) is 4.76. The van der Waals surface area contributed by atoms with Gasteiger partial charge in [-0.15, -0.1) is 16.4 Å². The Morgan fingerprint density at radius 3 is 2.49 bits per heavy atom. The smallest absolute Gasteiger partial charge is 0.436 e. The summed E-state index contributed by atoms with van der Waals surface area (Å²) in [5.74, 6) is -1.43. The first-order chi connectivity index (χ1) is 20.7. The molecule has 2 aromatic heterocycles. The molecule has 226 valence electrons. The van der Waals surface area contributed by atoms with Crippen LogP contribution >= 0.6 is 11.3 Å². The first kappa shape index (κ1) is 30.3. The average molecular weight is 612 g/mol. The minimum atomic E-state index is -1.06. The lowest BCUT2D eigenvalue weighted by atomic mass is 9.93. The van der Waals surface area contributed by atoms with E-state index in [2.05, 4.69) is 20.6 Å². The Balaban J connectivity index is 1.38. The normalized spacial score (nSPS) is 14.0. The summed E-state index contributed by atoms with van der Waals surface area (Å²) in [6, 6.07) is 14.8. The Kier molecular flexibility index (Phi) is 9.14. The summed E-state index contributed by atoms with van der Waals surface area (Å²) < 4.78 is 38.3. The number of nitrogens with one attached hydrogen (secondary N) is 2. The number of rotatable bonds is 9. The van der Waals surface area contributed by atoms with Crippen LogP contribution in [0.2, 0.25) is 0 Å². The summed E-state index contributed by atoms with van der Waals surface area (Å²) in [4.78, 5) is 41.8. The molecule has 0 aliphatic carbocycles. The van der Waals surface area contributed by atoms with Gasteiger partial charge in [0.05, 0.1) is 29.0 Å². The number of nitrogens with zero attached hydrogens (tertiary/aromatic N) is 3. The highest BCUT2D eigenvalue weighted by atomic mass is 32.1. The number of fused-ring (bicyclic) bond motifs is 1. The molecule has 4 aromatic rings. The molecule has 10 nitrogen and oxygen atoms in total. The van der Waals surface area contributed by atoms with Gasteiger partial charge in [0.25, 0.3) is 11.8 Å². The Labute approximate surface area is 250 Å². The number of carbonyl (C=O) groups excluding carboxylic acids is 3. The molecule has 43 heavy (non-hydrogen) atoms. The molecule has 3 heterocycles. The molecule has 1 aliphatic heterocycles. The molecule has 13 heteroatoms. The zero-order valence-corrected chi connectivity index (χ0v) is 24.5. The number of halogens is 2. The van der Waals surface area contributed by atoms with E-state index in [4.69, 9.17) is 9.47 Å². The van der Waals surface area contributed by atoms with Crippen molar-refractivity contribution in [1.29, 1.82) is 0 Å². The number of ether oxygens (including phenoxy) is 2. The topological polar surface area (TPSA) is 115 Å². The van der Waals surface area contributed by atoms with Gasteiger partial charge >= 0.3 is 6.09 Å². The molecule has 0 saturated carbocycles. The number of carbonyl (C=O) groups is 3. The quantitative estimate of drug-likeness (QED) is 0.276. The lowest BCUT2D eigenvalue weighted by molar-refractivity contribution is 0.0342. The van der Waals surface area contributed by atoms with Crippen molar-refractivity contribution in [2.75, 3.05) is 44.9 Å². The van der Waals surface area contributed by atoms with E-state index < -0.39 is 42.5 Å². The van der Waals surface area contributed by atoms with Gasteiger partial charge in [-0.25, -0.2) is 13.6 Å². The van der Waals surface area contributed by atoms with Crippen molar-refractivity contribution in [3.05, 3.63) is 82.0 Å². The number of hydrogen-bond donors (Lipinski definition) is 2. The number of anilines is 1. The largest absolute Gasteiger partial charge is 0.445 e. The molecular formula is C30H31F2N5O5S. The van der Waals surface area contributed by atoms with E-state index in [1.54, 1.807) is 44.2 Å². The van der Waals surface area contributed by atoms with Gasteiger partial charge < -0.3 is 20.1 Å². The first-order valence-corrected chi connectivity index (χ1v) is 14.5. The van der Waals surface area contributed by atoms with Crippen LogP contribution in [0.3, 0.4) is 0 Å². The van der Waals surface area contributed by atoms with Crippen LogP contribution in [-0.2, 0) is 21.6 Å². The molecule has 0 radical (unpaired) electrons.